The van der Waals surface area contributed by atoms with Crippen LogP contribution in [0, 0.1) is 0 Å². The van der Waals surface area contributed by atoms with Gasteiger partial charge in [-0.1, -0.05) is 73.7 Å². The average molecular weight is 559 g/mol. The molecule has 1 aliphatic heterocycles. The predicted molar refractivity (Wildman–Crippen MR) is 166 cm³/mol. The fourth-order valence-corrected chi connectivity index (χ4v) is 5.68. The van der Waals surface area contributed by atoms with Crippen molar-refractivity contribution in [2.45, 2.75) is 25.9 Å². The van der Waals surface area contributed by atoms with Crippen LogP contribution in [0.25, 0.3) is 10.8 Å². The topological polar surface area (TPSA) is 66.8 Å². The molecule has 1 aromatic heterocycles. The molecule has 212 valence electrons. The van der Waals surface area contributed by atoms with E-state index >= 15 is 0 Å². The van der Waals surface area contributed by atoms with Crippen molar-refractivity contribution in [1.29, 1.82) is 0 Å². The van der Waals surface area contributed by atoms with Crippen molar-refractivity contribution >= 4 is 28.4 Å². The number of ether oxygens (including phenoxy) is 1. The quantitative estimate of drug-likeness (QED) is 0.217. The number of hydrogen-bond acceptors (Lipinski definition) is 3. The van der Waals surface area contributed by atoms with E-state index in [1.54, 1.807) is 4.90 Å². The molecule has 0 spiro atoms. The van der Waals surface area contributed by atoms with Gasteiger partial charge in [-0.2, -0.15) is 0 Å². The molecule has 1 aliphatic rings. The highest BCUT2D eigenvalue weighted by Crippen LogP contribution is 2.35. The molecule has 3 amide bonds. The molecule has 5 aromatic rings. The molecule has 4 aromatic carbocycles. The van der Waals surface area contributed by atoms with Crippen molar-refractivity contribution in [3.63, 3.8) is 0 Å². The van der Waals surface area contributed by atoms with Crippen LogP contribution in [0.1, 0.15) is 30.6 Å². The van der Waals surface area contributed by atoms with Crippen LogP contribution in [0.15, 0.2) is 115 Å². The first kappa shape index (κ1) is 27.1. The molecule has 42 heavy (non-hydrogen) atoms. The fraction of sp³-hybridized carbons (Fsp3) is 0.200. The van der Waals surface area contributed by atoms with Crippen molar-refractivity contribution in [3.8, 4) is 11.5 Å². The van der Waals surface area contributed by atoms with Crippen molar-refractivity contribution in [3.05, 3.63) is 127 Å². The Labute approximate surface area is 245 Å². The summed E-state index contributed by atoms with van der Waals surface area (Å²) in [5, 5.41) is 5.07. The van der Waals surface area contributed by atoms with E-state index in [1.165, 1.54) is 0 Å². The van der Waals surface area contributed by atoms with Crippen molar-refractivity contribution in [2.24, 2.45) is 0 Å². The summed E-state index contributed by atoms with van der Waals surface area (Å²) in [5.74, 6) is 1.36. The number of urea groups is 1. The van der Waals surface area contributed by atoms with Gasteiger partial charge >= 0.3 is 6.03 Å². The van der Waals surface area contributed by atoms with E-state index < -0.39 is 0 Å². The monoisotopic (exact) mass is 558 g/mol. The number of rotatable bonds is 8. The summed E-state index contributed by atoms with van der Waals surface area (Å²) in [7, 11) is 0. The van der Waals surface area contributed by atoms with Gasteiger partial charge in [-0.15, -0.1) is 0 Å². The van der Waals surface area contributed by atoms with E-state index in [0.29, 0.717) is 25.4 Å². The number of anilines is 1. The maximum Gasteiger partial charge on any atom is 0.322 e. The molecule has 1 atom stereocenters. The van der Waals surface area contributed by atoms with Crippen molar-refractivity contribution in [1.82, 2.24) is 14.4 Å². The molecule has 0 saturated carbocycles. The molecule has 2 heterocycles. The van der Waals surface area contributed by atoms with Gasteiger partial charge in [0.2, 0.25) is 5.91 Å². The van der Waals surface area contributed by atoms with Gasteiger partial charge in [0, 0.05) is 36.9 Å². The number of fused-ring (bicyclic) bond motifs is 2. The van der Waals surface area contributed by atoms with E-state index in [1.807, 2.05) is 115 Å². The zero-order valence-corrected chi connectivity index (χ0v) is 23.6. The normalized spacial score (nSPS) is 14.3. The molecule has 0 radical (unpaired) electrons. The molecule has 1 N–H and O–H groups in total. The van der Waals surface area contributed by atoms with Crippen molar-refractivity contribution < 1.29 is 14.3 Å². The molecule has 7 heteroatoms. The third-order valence-electron chi connectivity index (χ3n) is 7.65. The first-order chi connectivity index (χ1) is 20.6. The summed E-state index contributed by atoms with van der Waals surface area (Å²) in [6, 6.07) is 34.8. The fourth-order valence-electron chi connectivity index (χ4n) is 5.68. The number of amides is 3. The van der Waals surface area contributed by atoms with Crippen LogP contribution >= 0.6 is 0 Å². The third kappa shape index (κ3) is 5.72. The number of hydrogen-bond donors (Lipinski definition) is 1. The summed E-state index contributed by atoms with van der Waals surface area (Å²) < 4.78 is 8.31. The lowest BCUT2D eigenvalue weighted by Crippen LogP contribution is -2.48. The molecule has 0 aliphatic carbocycles. The Balaban J connectivity index is 1.25. The van der Waals surface area contributed by atoms with E-state index in [0.717, 1.165) is 39.9 Å². The number of nitrogens with zero attached hydrogens (tertiary/aromatic N) is 3. The SMILES string of the molecule is CCCN(CC(=O)N1CCn2cccc2[C@H]1c1cccc(Oc2ccccc2)c1)C(=O)Nc1cccc2ccccc12. The zero-order valence-electron chi connectivity index (χ0n) is 23.6. The second kappa shape index (κ2) is 12.2. The van der Waals surface area contributed by atoms with Crippen LogP contribution < -0.4 is 10.1 Å². The van der Waals surface area contributed by atoms with E-state index in [9.17, 15) is 9.59 Å². The number of aromatic nitrogens is 1. The second-order valence-electron chi connectivity index (χ2n) is 10.5. The summed E-state index contributed by atoms with van der Waals surface area (Å²) in [5.41, 5.74) is 2.72. The van der Waals surface area contributed by atoms with Crippen LogP contribution in [-0.4, -0.2) is 45.9 Å². The van der Waals surface area contributed by atoms with E-state index in [-0.39, 0.29) is 24.5 Å². The summed E-state index contributed by atoms with van der Waals surface area (Å²) >= 11 is 0. The van der Waals surface area contributed by atoms with E-state index in [2.05, 4.69) is 22.1 Å². The first-order valence-electron chi connectivity index (χ1n) is 14.4. The number of carbonyl (C=O) groups excluding carboxylic acids is 2. The predicted octanol–water partition coefficient (Wildman–Crippen LogP) is 7.31. The number of benzene rings is 4. The zero-order chi connectivity index (χ0) is 28.9. The van der Waals surface area contributed by atoms with Gasteiger partial charge in [0.15, 0.2) is 0 Å². The Morgan fingerprint density at radius 3 is 2.48 bits per heavy atom. The summed E-state index contributed by atoms with van der Waals surface area (Å²) in [6.45, 7) is 3.71. The maximum absolute atomic E-state index is 14.0. The Hall–Kier alpha value is -5.04. The van der Waals surface area contributed by atoms with Gasteiger partial charge < -0.3 is 24.4 Å². The third-order valence-corrected chi connectivity index (χ3v) is 7.65. The Bertz CT molecular complexity index is 1690. The molecule has 6 rings (SSSR count). The van der Waals surface area contributed by atoms with Crippen molar-refractivity contribution in [2.75, 3.05) is 25.0 Å². The van der Waals surface area contributed by atoms with Crippen LogP contribution in [-0.2, 0) is 11.3 Å². The lowest BCUT2D eigenvalue weighted by molar-refractivity contribution is -0.134. The van der Waals surface area contributed by atoms with Gasteiger partial charge in [0.25, 0.3) is 0 Å². The van der Waals surface area contributed by atoms with Crippen LogP contribution in [0.4, 0.5) is 10.5 Å². The minimum absolute atomic E-state index is 0.0120. The minimum atomic E-state index is -0.301. The lowest BCUT2D eigenvalue weighted by Gasteiger charge is -2.38. The molecular formula is C35H34N4O3. The largest absolute Gasteiger partial charge is 0.457 e. The summed E-state index contributed by atoms with van der Waals surface area (Å²) in [4.78, 5) is 31.0. The standard InChI is InChI=1S/C35H34N4O3/c1-2-20-38(35(41)36-31-18-9-12-26-11-6-7-17-30(26)31)25-33(40)39-23-22-37-21-10-19-32(37)34(39)27-13-8-16-29(24-27)42-28-14-4-3-5-15-28/h3-19,21,24,34H,2,20,22-23,25H2,1H3,(H,36,41)/t34-/m1/s1. The molecule has 0 bridgehead atoms. The molecular weight excluding hydrogens is 524 g/mol. The van der Waals surface area contributed by atoms with Crippen LogP contribution in [0.2, 0.25) is 0 Å². The first-order valence-corrected chi connectivity index (χ1v) is 14.4. The Morgan fingerprint density at radius 1 is 0.857 bits per heavy atom. The molecule has 0 saturated heterocycles. The van der Waals surface area contributed by atoms with Gasteiger partial charge in [0.1, 0.15) is 18.0 Å². The number of para-hydroxylation sites is 1. The van der Waals surface area contributed by atoms with E-state index in [4.69, 9.17) is 4.74 Å². The molecule has 0 unspecified atom stereocenters. The molecule has 0 fully saturated rings. The lowest BCUT2D eigenvalue weighted by atomic mass is 9.99. The number of nitrogens with one attached hydrogen (secondary N) is 1. The Kier molecular flexibility index (Phi) is 7.90. The Morgan fingerprint density at radius 2 is 1.62 bits per heavy atom. The highest BCUT2D eigenvalue weighted by molar-refractivity contribution is 6.02. The van der Waals surface area contributed by atoms with Crippen LogP contribution in [0.3, 0.4) is 0 Å². The maximum atomic E-state index is 14.0. The van der Waals surface area contributed by atoms with Gasteiger partial charge in [-0.3, -0.25) is 4.79 Å². The number of carbonyl (C=O) groups is 2. The average Bonchev–Trinajstić information content (AvgIpc) is 3.50. The highest BCUT2D eigenvalue weighted by Gasteiger charge is 2.33. The molecule has 7 nitrogen and oxygen atoms in total. The van der Waals surface area contributed by atoms with Crippen LogP contribution in [0.5, 0.6) is 11.5 Å². The van der Waals surface area contributed by atoms with Gasteiger partial charge in [-0.25, -0.2) is 4.79 Å². The van der Waals surface area contributed by atoms with Gasteiger partial charge in [-0.05, 0) is 59.8 Å². The second-order valence-corrected chi connectivity index (χ2v) is 10.5. The summed E-state index contributed by atoms with van der Waals surface area (Å²) in [6.07, 6.45) is 2.79. The minimum Gasteiger partial charge on any atom is -0.457 e. The van der Waals surface area contributed by atoms with Gasteiger partial charge in [0.05, 0.1) is 11.7 Å². The highest BCUT2D eigenvalue weighted by atomic mass is 16.5. The smallest absolute Gasteiger partial charge is 0.322 e.